The maximum atomic E-state index is 5.37. The molecule has 0 saturated heterocycles. The van der Waals surface area contributed by atoms with Crippen LogP contribution in [0.5, 0.6) is 0 Å². The SMILES string of the molecule is NSCc1cccc(CSN)c1. The average molecular weight is 200 g/mol. The van der Waals surface area contributed by atoms with Crippen molar-refractivity contribution >= 4 is 23.9 Å². The van der Waals surface area contributed by atoms with Crippen molar-refractivity contribution < 1.29 is 0 Å². The molecule has 0 aliphatic rings. The first-order valence-corrected chi connectivity index (χ1v) is 5.67. The van der Waals surface area contributed by atoms with Crippen molar-refractivity contribution in [3.8, 4) is 0 Å². The third-order valence-corrected chi connectivity index (χ3v) is 2.49. The molecule has 0 radical (unpaired) electrons. The third-order valence-electron chi connectivity index (χ3n) is 1.49. The van der Waals surface area contributed by atoms with E-state index < -0.39 is 0 Å². The van der Waals surface area contributed by atoms with Crippen molar-refractivity contribution in [2.75, 3.05) is 0 Å². The molecule has 1 aromatic rings. The fraction of sp³-hybridized carbons (Fsp3) is 0.250. The number of benzene rings is 1. The van der Waals surface area contributed by atoms with Crippen molar-refractivity contribution in [3.05, 3.63) is 35.4 Å². The van der Waals surface area contributed by atoms with E-state index in [2.05, 4.69) is 18.2 Å². The van der Waals surface area contributed by atoms with E-state index in [1.165, 1.54) is 35.0 Å². The normalized spacial score (nSPS) is 10.2. The van der Waals surface area contributed by atoms with Gasteiger partial charge >= 0.3 is 0 Å². The predicted octanol–water partition coefficient (Wildman–Crippen LogP) is 1.90. The van der Waals surface area contributed by atoms with E-state index in [0.717, 1.165) is 11.5 Å². The van der Waals surface area contributed by atoms with E-state index >= 15 is 0 Å². The summed E-state index contributed by atoms with van der Waals surface area (Å²) >= 11 is 2.69. The molecular formula is C8H12N2S2. The molecule has 1 rings (SSSR count). The molecule has 4 heteroatoms. The second kappa shape index (κ2) is 5.48. The van der Waals surface area contributed by atoms with Crippen LogP contribution in [0.4, 0.5) is 0 Å². The summed E-state index contributed by atoms with van der Waals surface area (Å²) in [5.41, 5.74) is 2.52. The van der Waals surface area contributed by atoms with Crippen LogP contribution in [0, 0.1) is 0 Å². The molecule has 0 saturated carbocycles. The van der Waals surface area contributed by atoms with Gasteiger partial charge in [-0.2, -0.15) is 0 Å². The Morgan fingerprint density at radius 3 is 1.92 bits per heavy atom. The Morgan fingerprint density at radius 1 is 1.00 bits per heavy atom. The van der Waals surface area contributed by atoms with Gasteiger partial charge in [-0.1, -0.05) is 48.2 Å². The minimum Gasteiger partial charge on any atom is -0.278 e. The molecular weight excluding hydrogens is 188 g/mol. The van der Waals surface area contributed by atoms with Gasteiger partial charge in [-0.15, -0.1) is 0 Å². The van der Waals surface area contributed by atoms with E-state index in [1.807, 2.05) is 6.07 Å². The van der Waals surface area contributed by atoms with Crippen LogP contribution in [0.1, 0.15) is 11.1 Å². The van der Waals surface area contributed by atoms with Crippen molar-refractivity contribution in [2.24, 2.45) is 10.3 Å². The van der Waals surface area contributed by atoms with Gasteiger partial charge in [-0.05, 0) is 11.1 Å². The van der Waals surface area contributed by atoms with Gasteiger partial charge in [0, 0.05) is 11.5 Å². The van der Waals surface area contributed by atoms with Crippen LogP contribution in [-0.2, 0) is 11.5 Å². The van der Waals surface area contributed by atoms with Crippen LogP contribution in [0.15, 0.2) is 24.3 Å². The lowest BCUT2D eigenvalue weighted by molar-refractivity contribution is 1.33. The van der Waals surface area contributed by atoms with Crippen molar-refractivity contribution in [1.82, 2.24) is 0 Å². The van der Waals surface area contributed by atoms with E-state index in [0.29, 0.717) is 0 Å². The van der Waals surface area contributed by atoms with Crippen LogP contribution in [0.3, 0.4) is 0 Å². The highest BCUT2D eigenvalue weighted by Crippen LogP contribution is 2.12. The van der Waals surface area contributed by atoms with Crippen LogP contribution < -0.4 is 10.3 Å². The average Bonchev–Trinajstić information content (AvgIpc) is 2.06. The molecule has 12 heavy (non-hydrogen) atoms. The largest absolute Gasteiger partial charge is 0.278 e. The molecule has 0 aromatic heterocycles. The first kappa shape index (κ1) is 9.92. The van der Waals surface area contributed by atoms with Gasteiger partial charge in [0.15, 0.2) is 0 Å². The summed E-state index contributed by atoms with van der Waals surface area (Å²) in [7, 11) is 0. The van der Waals surface area contributed by atoms with Crippen LogP contribution in [0.25, 0.3) is 0 Å². The summed E-state index contributed by atoms with van der Waals surface area (Å²) in [6.45, 7) is 0. The smallest absolute Gasteiger partial charge is 0.0328 e. The van der Waals surface area contributed by atoms with Gasteiger partial charge in [0.25, 0.3) is 0 Å². The van der Waals surface area contributed by atoms with Crippen molar-refractivity contribution in [1.29, 1.82) is 0 Å². The van der Waals surface area contributed by atoms with Gasteiger partial charge in [0.2, 0.25) is 0 Å². The monoisotopic (exact) mass is 200 g/mol. The summed E-state index contributed by atoms with van der Waals surface area (Å²) < 4.78 is 0. The molecule has 0 bridgehead atoms. The van der Waals surface area contributed by atoms with E-state index in [1.54, 1.807) is 0 Å². The number of nitrogens with two attached hydrogens (primary N) is 2. The first-order valence-electron chi connectivity index (χ1n) is 3.58. The van der Waals surface area contributed by atoms with Gasteiger partial charge in [-0.3, -0.25) is 10.3 Å². The van der Waals surface area contributed by atoms with Crippen LogP contribution in [0.2, 0.25) is 0 Å². The molecule has 2 nitrogen and oxygen atoms in total. The lowest BCUT2D eigenvalue weighted by atomic mass is 10.2. The Hall–Kier alpha value is -0.160. The number of hydrogen-bond donors (Lipinski definition) is 2. The summed E-state index contributed by atoms with van der Waals surface area (Å²) in [4.78, 5) is 0. The molecule has 0 spiro atoms. The Balaban J connectivity index is 2.67. The van der Waals surface area contributed by atoms with Crippen molar-refractivity contribution in [3.63, 3.8) is 0 Å². The molecule has 0 heterocycles. The molecule has 0 unspecified atom stereocenters. The fourth-order valence-corrected chi connectivity index (χ4v) is 1.75. The Labute approximate surface area is 81.4 Å². The van der Waals surface area contributed by atoms with Crippen LogP contribution >= 0.6 is 23.9 Å². The number of hydrogen-bond acceptors (Lipinski definition) is 4. The van der Waals surface area contributed by atoms with Gasteiger partial charge in [0.1, 0.15) is 0 Å². The highest BCUT2D eigenvalue weighted by Gasteiger charge is 1.94. The van der Waals surface area contributed by atoms with Gasteiger partial charge < -0.3 is 0 Å². The number of rotatable bonds is 4. The Morgan fingerprint density at radius 2 is 1.50 bits per heavy atom. The molecule has 0 amide bonds. The molecule has 66 valence electrons. The van der Waals surface area contributed by atoms with Crippen LogP contribution in [-0.4, -0.2) is 0 Å². The molecule has 4 N–H and O–H groups in total. The first-order chi connectivity index (χ1) is 5.86. The molecule has 0 aliphatic heterocycles. The maximum Gasteiger partial charge on any atom is 0.0328 e. The molecule has 0 fully saturated rings. The van der Waals surface area contributed by atoms with E-state index in [-0.39, 0.29) is 0 Å². The highest BCUT2D eigenvalue weighted by atomic mass is 32.2. The highest BCUT2D eigenvalue weighted by molar-refractivity contribution is 7.96. The zero-order valence-electron chi connectivity index (χ0n) is 6.69. The van der Waals surface area contributed by atoms with Gasteiger partial charge in [0.05, 0.1) is 0 Å². The lowest BCUT2D eigenvalue weighted by Crippen LogP contribution is -1.89. The summed E-state index contributed by atoms with van der Waals surface area (Å²) in [6, 6.07) is 8.33. The predicted molar refractivity (Wildman–Crippen MR) is 57.4 cm³/mol. The second-order valence-corrected chi connectivity index (χ2v) is 3.69. The third kappa shape index (κ3) is 3.06. The second-order valence-electron chi connectivity index (χ2n) is 2.44. The standard InChI is InChI=1S/C8H12N2S2/c9-11-5-7-2-1-3-8(4-7)6-12-10/h1-4H,5-6,9-10H2. The molecule has 1 aromatic carbocycles. The summed E-state index contributed by atoms with van der Waals surface area (Å²) in [6.07, 6.45) is 0. The van der Waals surface area contributed by atoms with Gasteiger partial charge in [-0.25, -0.2) is 0 Å². The van der Waals surface area contributed by atoms with Crippen molar-refractivity contribution in [2.45, 2.75) is 11.5 Å². The van der Waals surface area contributed by atoms with E-state index in [4.69, 9.17) is 10.3 Å². The minimum absolute atomic E-state index is 0.864. The summed E-state index contributed by atoms with van der Waals surface area (Å²) in [5, 5.41) is 10.7. The summed E-state index contributed by atoms with van der Waals surface area (Å²) in [5.74, 6) is 1.73. The maximum absolute atomic E-state index is 5.37. The topological polar surface area (TPSA) is 52.0 Å². The Bertz CT molecular complexity index is 219. The quantitative estimate of drug-likeness (QED) is 0.729. The Kier molecular flexibility index (Phi) is 4.53. The fourth-order valence-electron chi connectivity index (χ4n) is 1.00. The van der Waals surface area contributed by atoms with E-state index in [9.17, 15) is 0 Å². The molecule has 0 atom stereocenters. The zero-order chi connectivity index (χ0) is 8.81. The minimum atomic E-state index is 0.864. The zero-order valence-corrected chi connectivity index (χ0v) is 8.33. The lowest BCUT2D eigenvalue weighted by Gasteiger charge is -2.01. The molecule has 0 aliphatic carbocycles.